The topological polar surface area (TPSA) is 58.4 Å². The fourth-order valence-electron chi connectivity index (χ4n) is 3.21. The minimum absolute atomic E-state index is 0.161. The highest BCUT2D eigenvalue weighted by Crippen LogP contribution is 2.31. The summed E-state index contributed by atoms with van der Waals surface area (Å²) in [4.78, 5) is 12.8. The van der Waals surface area contributed by atoms with Crippen LogP contribution >= 0.6 is 0 Å². The lowest BCUT2D eigenvalue weighted by atomic mass is 9.80. The molecule has 1 aromatic rings. The Balaban J connectivity index is 1.93. The van der Waals surface area contributed by atoms with Gasteiger partial charge < -0.3 is 10.2 Å². The van der Waals surface area contributed by atoms with Crippen LogP contribution in [-0.4, -0.2) is 36.0 Å². The number of likely N-dealkylation sites (N-methyl/N-ethyl adjacent to an activating group) is 1. The molecule has 0 aliphatic heterocycles. The molecule has 1 aliphatic rings. The van der Waals surface area contributed by atoms with E-state index in [1.165, 1.54) is 38.2 Å². The zero-order valence-electron chi connectivity index (χ0n) is 13.0. The number of non-ortho nitro benzene ring substituents is 1. The Morgan fingerprint density at radius 2 is 2.00 bits per heavy atom. The third kappa shape index (κ3) is 4.02. The SMILES string of the molecule is CN(C)C1(CNCc2cccc([N+](=O)[O-])c2)CCCCC1. The predicted octanol–water partition coefficient (Wildman–Crippen LogP) is 2.95. The molecule has 0 radical (unpaired) electrons. The Bertz CT molecular complexity index is 482. The maximum Gasteiger partial charge on any atom is 0.269 e. The first-order chi connectivity index (χ1) is 10.0. The van der Waals surface area contributed by atoms with E-state index in [1.54, 1.807) is 12.1 Å². The second kappa shape index (κ2) is 7.00. The number of nitro benzene ring substituents is 1. The first-order valence-corrected chi connectivity index (χ1v) is 7.65. The van der Waals surface area contributed by atoms with Crippen molar-refractivity contribution in [1.82, 2.24) is 10.2 Å². The summed E-state index contributed by atoms with van der Waals surface area (Å²) in [6, 6.07) is 6.86. The third-order valence-corrected chi connectivity index (χ3v) is 4.64. The molecule has 116 valence electrons. The van der Waals surface area contributed by atoms with Crippen LogP contribution in [-0.2, 0) is 6.54 Å². The second-order valence-corrected chi connectivity index (χ2v) is 6.21. The molecule has 0 bridgehead atoms. The van der Waals surface area contributed by atoms with Crippen molar-refractivity contribution in [2.45, 2.75) is 44.2 Å². The molecule has 0 amide bonds. The molecule has 1 saturated carbocycles. The lowest BCUT2D eigenvalue weighted by molar-refractivity contribution is -0.384. The third-order valence-electron chi connectivity index (χ3n) is 4.64. The van der Waals surface area contributed by atoms with Crippen LogP contribution in [0.5, 0.6) is 0 Å². The summed E-state index contributed by atoms with van der Waals surface area (Å²) < 4.78 is 0. The molecule has 0 spiro atoms. The van der Waals surface area contributed by atoms with Gasteiger partial charge in [0.15, 0.2) is 0 Å². The monoisotopic (exact) mass is 291 g/mol. The molecule has 0 unspecified atom stereocenters. The van der Waals surface area contributed by atoms with Gasteiger partial charge in [-0.15, -0.1) is 0 Å². The average Bonchev–Trinajstić information content (AvgIpc) is 2.48. The largest absolute Gasteiger partial charge is 0.311 e. The molecule has 0 aromatic heterocycles. The van der Waals surface area contributed by atoms with Crippen LogP contribution in [0, 0.1) is 10.1 Å². The van der Waals surface area contributed by atoms with Crippen LogP contribution in [0.2, 0.25) is 0 Å². The summed E-state index contributed by atoms with van der Waals surface area (Å²) in [6.45, 7) is 1.61. The molecule has 21 heavy (non-hydrogen) atoms. The van der Waals surface area contributed by atoms with Crippen LogP contribution in [0.4, 0.5) is 5.69 Å². The van der Waals surface area contributed by atoms with Crippen LogP contribution < -0.4 is 5.32 Å². The van der Waals surface area contributed by atoms with Crippen molar-refractivity contribution in [3.8, 4) is 0 Å². The molecule has 1 N–H and O–H groups in total. The highest BCUT2D eigenvalue weighted by Gasteiger charge is 2.33. The van der Waals surface area contributed by atoms with Crippen molar-refractivity contribution in [2.75, 3.05) is 20.6 Å². The van der Waals surface area contributed by atoms with E-state index in [-0.39, 0.29) is 16.1 Å². The van der Waals surface area contributed by atoms with Crippen LogP contribution in [0.1, 0.15) is 37.7 Å². The second-order valence-electron chi connectivity index (χ2n) is 6.21. The fourth-order valence-corrected chi connectivity index (χ4v) is 3.21. The molecular weight excluding hydrogens is 266 g/mol. The Kier molecular flexibility index (Phi) is 5.31. The summed E-state index contributed by atoms with van der Waals surface area (Å²) in [5, 5.41) is 14.3. The van der Waals surface area contributed by atoms with Gasteiger partial charge in [0, 0.05) is 30.8 Å². The van der Waals surface area contributed by atoms with E-state index >= 15 is 0 Å². The standard InChI is InChI=1S/C16H25N3O2/c1-18(2)16(9-4-3-5-10-16)13-17-12-14-7-6-8-15(11-14)19(20)21/h6-8,11,17H,3-5,9-10,12-13H2,1-2H3. The Morgan fingerprint density at radius 3 is 2.62 bits per heavy atom. The normalized spacial score (nSPS) is 17.9. The van der Waals surface area contributed by atoms with Crippen molar-refractivity contribution in [2.24, 2.45) is 0 Å². The summed E-state index contributed by atoms with van der Waals surface area (Å²) in [6.07, 6.45) is 6.36. The fraction of sp³-hybridized carbons (Fsp3) is 0.625. The minimum Gasteiger partial charge on any atom is -0.311 e. The van der Waals surface area contributed by atoms with Crippen molar-refractivity contribution < 1.29 is 4.92 Å². The Labute approximate surface area is 126 Å². The molecule has 1 aromatic carbocycles. The van der Waals surface area contributed by atoms with Crippen LogP contribution in [0.3, 0.4) is 0 Å². The Hall–Kier alpha value is -1.46. The predicted molar refractivity (Wildman–Crippen MR) is 84.3 cm³/mol. The zero-order chi connectivity index (χ0) is 15.3. The van der Waals surface area contributed by atoms with E-state index in [4.69, 9.17) is 0 Å². The molecule has 0 atom stereocenters. The Morgan fingerprint density at radius 1 is 1.29 bits per heavy atom. The van der Waals surface area contributed by atoms with E-state index in [1.807, 2.05) is 6.07 Å². The molecule has 2 rings (SSSR count). The smallest absolute Gasteiger partial charge is 0.269 e. The zero-order valence-corrected chi connectivity index (χ0v) is 13.0. The van der Waals surface area contributed by atoms with Gasteiger partial charge >= 0.3 is 0 Å². The van der Waals surface area contributed by atoms with Gasteiger partial charge in [-0.25, -0.2) is 0 Å². The highest BCUT2D eigenvalue weighted by molar-refractivity contribution is 5.34. The summed E-state index contributed by atoms with van der Waals surface area (Å²) in [5.41, 5.74) is 1.36. The maximum atomic E-state index is 10.8. The number of benzene rings is 1. The lowest BCUT2D eigenvalue weighted by Gasteiger charge is -2.43. The van der Waals surface area contributed by atoms with Gasteiger partial charge in [-0.2, -0.15) is 0 Å². The quantitative estimate of drug-likeness (QED) is 0.646. The van der Waals surface area contributed by atoms with Crippen molar-refractivity contribution in [3.05, 3.63) is 39.9 Å². The molecule has 0 heterocycles. The van der Waals surface area contributed by atoms with Gasteiger partial charge in [0.2, 0.25) is 0 Å². The number of nitrogens with zero attached hydrogens (tertiary/aromatic N) is 2. The van der Waals surface area contributed by atoms with E-state index in [2.05, 4.69) is 24.3 Å². The van der Waals surface area contributed by atoms with Gasteiger partial charge in [0.25, 0.3) is 5.69 Å². The van der Waals surface area contributed by atoms with E-state index < -0.39 is 0 Å². The highest BCUT2D eigenvalue weighted by atomic mass is 16.6. The molecule has 5 nitrogen and oxygen atoms in total. The van der Waals surface area contributed by atoms with E-state index in [9.17, 15) is 10.1 Å². The first kappa shape index (κ1) is 15.9. The first-order valence-electron chi connectivity index (χ1n) is 7.65. The van der Waals surface area contributed by atoms with Crippen molar-refractivity contribution in [1.29, 1.82) is 0 Å². The van der Waals surface area contributed by atoms with Crippen molar-refractivity contribution in [3.63, 3.8) is 0 Å². The number of hydrogen-bond acceptors (Lipinski definition) is 4. The molecular formula is C16H25N3O2. The summed E-state index contributed by atoms with van der Waals surface area (Å²) in [5.74, 6) is 0. The van der Waals surface area contributed by atoms with Crippen LogP contribution in [0.25, 0.3) is 0 Å². The maximum absolute atomic E-state index is 10.8. The minimum atomic E-state index is -0.341. The molecule has 5 heteroatoms. The molecule has 1 fully saturated rings. The van der Waals surface area contributed by atoms with Gasteiger partial charge in [-0.3, -0.25) is 10.1 Å². The summed E-state index contributed by atoms with van der Waals surface area (Å²) in [7, 11) is 4.31. The van der Waals surface area contributed by atoms with Gasteiger partial charge in [-0.05, 0) is 32.5 Å². The summed E-state index contributed by atoms with van der Waals surface area (Å²) >= 11 is 0. The van der Waals surface area contributed by atoms with Gasteiger partial charge in [-0.1, -0.05) is 31.4 Å². The lowest BCUT2D eigenvalue weighted by Crippen LogP contribution is -2.52. The number of rotatable bonds is 6. The average molecular weight is 291 g/mol. The number of nitrogens with one attached hydrogen (secondary N) is 1. The van der Waals surface area contributed by atoms with Crippen molar-refractivity contribution >= 4 is 5.69 Å². The molecule has 0 saturated heterocycles. The van der Waals surface area contributed by atoms with Gasteiger partial charge in [0.05, 0.1) is 4.92 Å². The number of nitro groups is 1. The molecule has 1 aliphatic carbocycles. The van der Waals surface area contributed by atoms with Gasteiger partial charge in [0.1, 0.15) is 0 Å². The van der Waals surface area contributed by atoms with E-state index in [0.717, 1.165) is 12.1 Å². The van der Waals surface area contributed by atoms with E-state index in [0.29, 0.717) is 6.54 Å². The van der Waals surface area contributed by atoms with Crippen LogP contribution in [0.15, 0.2) is 24.3 Å². The number of hydrogen-bond donors (Lipinski definition) is 1.